The van der Waals surface area contributed by atoms with Crippen molar-refractivity contribution in [2.45, 2.75) is 18.2 Å². The molecule has 0 aliphatic carbocycles. The number of hydrogen-bond donors (Lipinski definition) is 1. The van der Waals surface area contributed by atoms with Gasteiger partial charge in [-0.1, -0.05) is 18.2 Å². The van der Waals surface area contributed by atoms with Gasteiger partial charge in [0.15, 0.2) is 6.61 Å². The van der Waals surface area contributed by atoms with E-state index in [0.29, 0.717) is 31.1 Å². The van der Waals surface area contributed by atoms with Gasteiger partial charge in [0.2, 0.25) is 0 Å². The number of hydrogen-bond acceptors (Lipinski definition) is 5. The Morgan fingerprint density at radius 1 is 1.07 bits per heavy atom. The molecule has 0 atom stereocenters. The molecule has 0 saturated heterocycles. The summed E-state index contributed by atoms with van der Waals surface area (Å²) < 4.78 is 37.4. The van der Waals surface area contributed by atoms with E-state index >= 15 is 0 Å². The standard InChI is InChI=1S/C20H26N2O5S/c1-3-22(28(24,25)19-8-5-4-6-9-19)17-10-12-18(13-11-17)27-16-20(23)21-14-7-15-26-2/h4-6,8-13H,3,7,14-16H2,1-2H3,(H,21,23). The van der Waals surface area contributed by atoms with Crippen molar-refractivity contribution in [3.63, 3.8) is 0 Å². The van der Waals surface area contributed by atoms with Crippen LogP contribution in [0.25, 0.3) is 0 Å². The van der Waals surface area contributed by atoms with Gasteiger partial charge in [-0.25, -0.2) is 8.42 Å². The number of amides is 1. The highest BCUT2D eigenvalue weighted by atomic mass is 32.2. The van der Waals surface area contributed by atoms with E-state index in [2.05, 4.69) is 5.32 Å². The fourth-order valence-electron chi connectivity index (χ4n) is 2.56. The van der Waals surface area contributed by atoms with Crippen LogP contribution >= 0.6 is 0 Å². The van der Waals surface area contributed by atoms with Crippen LogP contribution in [-0.4, -0.2) is 47.7 Å². The van der Waals surface area contributed by atoms with E-state index in [9.17, 15) is 13.2 Å². The topological polar surface area (TPSA) is 84.9 Å². The molecule has 0 aromatic heterocycles. The predicted octanol–water partition coefficient (Wildman–Crippen LogP) is 2.43. The third-order valence-corrected chi connectivity index (χ3v) is 5.88. The third kappa shape index (κ3) is 5.97. The quantitative estimate of drug-likeness (QED) is 0.580. The molecule has 152 valence electrons. The molecule has 1 N–H and O–H groups in total. The summed E-state index contributed by atoms with van der Waals surface area (Å²) >= 11 is 0. The second kappa shape index (κ2) is 10.7. The summed E-state index contributed by atoms with van der Waals surface area (Å²) in [5.74, 6) is 0.269. The second-order valence-electron chi connectivity index (χ2n) is 5.96. The number of carbonyl (C=O) groups excluding carboxylic acids is 1. The first-order valence-corrected chi connectivity index (χ1v) is 10.5. The van der Waals surface area contributed by atoms with Crippen LogP contribution in [0.5, 0.6) is 5.75 Å². The first-order valence-electron chi connectivity index (χ1n) is 9.05. The highest BCUT2D eigenvalue weighted by molar-refractivity contribution is 7.92. The van der Waals surface area contributed by atoms with E-state index in [1.807, 2.05) is 0 Å². The summed E-state index contributed by atoms with van der Waals surface area (Å²) in [4.78, 5) is 12.0. The van der Waals surface area contributed by atoms with Gasteiger partial charge in [-0.05, 0) is 49.7 Å². The number of anilines is 1. The molecule has 7 nitrogen and oxygen atoms in total. The van der Waals surface area contributed by atoms with Crippen molar-refractivity contribution >= 4 is 21.6 Å². The minimum atomic E-state index is -3.64. The van der Waals surface area contributed by atoms with Gasteiger partial charge in [0.25, 0.3) is 15.9 Å². The van der Waals surface area contributed by atoms with Gasteiger partial charge < -0.3 is 14.8 Å². The minimum absolute atomic E-state index is 0.105. The number of carbonyl (C=O) groups is 1. The maximum atomic E-state index is 12.8. The lowest BCUT2D eigenvalue weighted by atomic mass is 10.3. The highest BCUT2D eigenvalue weighted by Crippen LogP contribution is 2.25. The smallest absolute Gasteiger partial charge is 0.264 e. The van der Waals surface area contributed by atoms with Crippen LogP contribution in [0.1, 0.15) is 13.3 Å². The van der Waals surface area contributed by atoms with Crippen molar-refractivity contribution in [1.82, 2.24) is 5.32 Å². The van der Waals surface area contributed by atoms with Crippen molar-refractivity contribution < 1.29 is 22.7 Å². The van der Waals surface area contributed by atoms with Crippen molar-refractivity contribution in [2.24, 2.45) is 0 Å². The van der Waals surface area contributed by atoms with Gasteiger partial charge in [0, 0.05) is 26.8 Å². The number of ether oxygens (including phenoxy) is 2. The molecule has 8 heteroatoms. The first kappa shape index (κ1) is 21.7. The Hall–Kier alpha value is -2.58. The zero-order valence-electron chi connectivity index (χ0n) is 16.1. The van der Waals surface area contributed by atoms with Crippen LogP contribution in [-0.2, 0) is 19.6 Å². The summed E-state index contributed by atoms with van der Waals surface area (Å²) in [6, 6.07) is 14.9. The fraction of sp³-hybridized carbons (Fsp3) is 0.350. The molecule has 2 rings (SSSR count). The second-order valence-corrected chi connectivity index (χ2v) is 7.82. The van der Waals surface area contributed by atoms with Crippen LogP contribution in [0.3, 0.4) is 0 Å². The Balaban J connectivity index is 1.98. The van der Waals surface area contributed by atoms with Crippen LogP contribution in [0.4, 0.5) is 5.69 Å². The van der Waals surface area contributed by atoms with Crippen LogP contribution < -0.4 is 14.4 Å². The molecule has 0 aliphatic heterocycles. The van der Waals surface area contributed by atoms with E-state index < -0.39 is 10.0 Å². The molecule has 0 fully saturated rings. The van der Waals surface area contributed by atoms with Crippen molar-refractivity contribution in [1.29, 1.82) is 0 Å². The Labute approximate surface area is 166 Å². The van der Waals surface area contributed by atoms with Crippen molar-refractivity contribution in [2.75, 3.05) is 37.7 Å². The van der Waals surface area contributed by atoms with Gasteiger partial charge in [0.05, 0.1) is 10.6 Å². The van der Waals surface area contributed by atoms with Gasteiger partial charge >= 0.3 is 0 Å². The molecular formula is C20H26N2O5S. The molecule has 2 aromatic carbocycles. The van der Waals surface area contributed by atoms with Gasteiger partial charge in [-0.2, -0.15) is 0 Å². The number of rotatable bonds is 11. The zero-order valence-corrected chi connectivity index (χ0v) is 16.9. The summed E-state index contributed by atoms with van der Waals surface area (Å²) in [6.45, 7) is 3.08. The first-order chi connectivity index (χ1) is 13.5. The summed E-state index contributed by atoms with van der Waals surface area (Å²) in [5.41, 5.74) is 0.530. The molecule has 2 aromatic rings. The zero-order chi connectivity index (χ0) is 20.4. The monoisotopic (exact) mass is 406 g/mol. The molecule has 0 saturated carbocycles. The highest BCUT2D eigenvalue weighted by Gasteiger charge is 2.23. The van der Waals surface area contributed by atoms with Gasteiger partial charge in [-0.15, -0.1) is 0 Å². The summed E-state index contributed by atoms with van der Waals surface area (Å²) in [6.07, 6.45) is 0.736. The largest absolute Gasteiger partial charge is 0.484 e. The molecule has 0 aliphatic rings. The third-order valence-electron chi connectivity index (χ3n) is 3.96. The molecule has 0 unspecified atom stereocenters. The van der Waals surface area contributed by atoms with Crippen molar-refractivity contribution in [3.05, 3.63) is 54.6 Å². The Morgan fingerprint density at radius 2 is 1.75 bits per heavy atom. The van der Waals surface area contributed by atoms with E-state index in [0.717, 1.165) is 6.42 Å². The van der Waals surface area contributed by atoms with Crippen molar-refractivity contribution in [3.8, 4) is 5.75 Å². The molecule has 0 bridgehead atoms. The van der Waals surface area contributed by atoms with E-state index in [1.165, 1.54) is 4.31 Å². The number of benzene rings is 2. The van der Waals surface area contributed by atoms with Crippen LogP contribution in [0, 0.1) is 0 Å². The normalized spacial score (nSPS) is 11.1. The maximum absolute atomic E-state index is 12.8. The lowest BCUT2D eigenvalue weighted by Gasteiger charge is -2.23. The van der Waals surface area contributed by atoms with Gasteiger partial charge in [0.1, 0.15) is 5.75 Å². The lowest BCUT2D eigenvalue weighted by Crippen LogP contribution is -2.31. The van der Waals surface area contributed by atoms with E-state index in [1.54, 1.807) is 68.6 Å². The molecule has 0 radical (unpaired) electrons. The molecular weight excluding hydrogens is 380 g/mol. The fourth-order valence-corrected chi connectivity index (χ4v) is 4.06. The average molecular weight is 407 g/mol. The maximum Gasteiger partial charge on any atom is 0.264 e. The van der Waals surface area contributed by atoms with E-state index in [4.69, 9.17) is 9.47 Å². The van der Waals surface area contributed by atoms with Crippen LogP contribution in [0.15, 0.2) is 59.5 Å². The predicted molar refractivity (Wildman–Crippen MR) is 108 cm³/mol. The number of nitrogens with zero attached hydrogens (tertiary/aromatic N) is 1. The Bertz CT molecular complexity index is 839. The van der Waals surface area contributed by atoms with Crippen LogP contribution in [0.2, 0.25) is 0 Å². The van der Waals surface area contributed by atoms with Gasteiger partial charge in [-0.3, -0.25) is 9.10 Å². The molecule has 28 heavy (non-hydrogen) atoms. The SMILES string of the molecule is CCN(c1ccc(OCC(=O)NCCCOC)cc1)S(=O)(=O)c1ccccc1. The number of sulfonamides is 1. The Kier molecular flexibility index (Phi) is 8.28. The number of nitrogens with one attached hydrogen (secondary N) is 1. The number of methoxy groups -OCH3 is 1. The molecule has 0 spiro atoms. The molecule has 1 amide bonds. The average Bonchev–Trinajstić information content (AvgIpc) is 2.71. The molecule has 0 heterocycles. The summed E-state index contributed by atoms with van der Waals surface area (Å²) in [5, 5.41) is 2.73. The lowest BCUT2D eigenvalue weighted by molar-refractivity contribution is -0.123. The minimum Gasteiger partial charge on any atom is -0.484 e. The summed E-state index contributed by atoms with van der Waals surface area (Å²) in [7, 11) is -2.03. The van der Waals surface area contributed by atoms with E-state index in [-0.39, 0.29) is 17.4 Å². The Morgan fingerprint density at radius 3 is 2.36 bits per heavy atom.